The van der Waals surface area contributed by atoms with Crippen LogP contribution in [0.3, 0.4) is 0 Å². The number of hydrogen-bond donors (Lipinski definition) is 1. The molecule has 2 aromatic carbocycles. The number of rotatable bonds is 2. The smallest absolute Gasteiger partial charge is 0.326 e. The van der Waals surface area contributed by atoms with Crippen LogP contribution in [0.5, 0.6) is 5.95 Å². The zero-order valence-corrected chi connectivity index (χ0v) is 16.7. The summed E-state index contributed by atoms with van der Waals surface area (Å²) in [7, 11) is 0. The van der Waals surface area contributed by atoms with Gasteiger partial charge in [-0.25, -0.2) is 4.98 Å². The molecule has 1 aromatic heterocycles. The molecule has 30 heavy (non-hydrogen) atoms. The lowest BCUT2D eigenvalue weighted by atomic mass is 10.1. The minimum absolute atomic E-state index is 0.203. The summed E-state index contributed by atoms with van der Waals surface area (Å²) in [6.07, 6.45) is 3.92. The Balaban J connectivity index is 1.65. The van der Waals surface area contributed by atoms with Gasteiger partial charge in [0.2, 0.25) is 5.89 Å². The molecule has 0 spiro atoms. The van der Waals surface area contributed by atoms with Gasteiger partial charge >= 0.3 is 11.8 Å². The van der Waals surface area contributed by atoms with Crippen molar-refractivity contribution in [1.82, 2.24) is 4.98 Å². The van der Waals surface area contributed by atoms with Crippen LogP contribution >= 0.6 is 0 Å². The van der Waals surface area contributed by atoms with Crippen LogP contribution in [0, 0.1) is 6.92 Å². The first-order valence-corrected chi connectivity index (χ1v) is 10.0. The summed E-state index contributed by atoms with van der Waals surface area (Å²) in [5.41, 5.74) is 3.25. The predicted molar refractivity (Wildman–Crippen MR) is 114 cm³/mol. The summed E-state index contributed by atoms with van der Waals surface area (Å²) in [4.78, 5) is 9.46. The summed E-state index contributed by atoms with van der Waals surface area (Å²) in [5, 5.41) is 12.4. The number of amidine groups is 1. The van der Waals surface area contributed by atoms with Crippen LogP contribution in [0.15, 0.2) is 63.5 Å². The van der Waals surface area contributed by atoms with Crippen LogP contribution in [-0.2, 0) is 4.74 Å². The predicted octanol–water partition coefficient (Wildman–Crippen LogP) is 2.29. The lowest BCUT2D eigenvalue weighted by molar-refractivity contribution is -0.549. The summed E-state index contributed by atoms with van der Waals surface area (Å²) >= 11 is 0. The Labute approximate surface area is 173 Å². The van der Waals surface area contributed by atoms with E-state index in [4.69, 9.17) is 14.1 Å². The average molecular weight is 400 g/mol. The van der Waals surface area contributed by atoms with Crippen LogP contribution in [-0.4, -0.2) is 46.8 Å². The molecule has 2 aliphatic rings. The summed E-state index contributed by atoms with van der Waals surface area (Å²) < 4.78 is 13.2. The lowest BCUT2D eigenvalue weighted by Gasteiger charge is -2.16. The molecule has 1 saturated heterocycles. The molecule has 0 bridgehead atoms. The number of aryl methyl sites for hydroxylation is 1. The largest absolute Gasteiger partial charge is 0.479 e. The van der Waals surface area contributed by atoms with Crippen molar-refractivity contribution in [1.29, 1.82) is 0 Å². The quantitative estimate of drug-likeness (QED) is 0.670. The maximum Gasteiger partial charge on any atom is 0.326 e. The Morgan fingerprint density at radius 2 is 1.87 bits per heavy atom. The molecule has 0 amide bonds. The molecule has 0 atom stereocenters. The molecule has 2 aliphatic heterocycles. The summed E-state index contributed by atoms with van der Waals surface area (Å²) in [6.45, 7) is 4.94. The van der Waals surface area contributed by atoms with Crippen molar-refractivity contribution < 1.29 is 18.8 Å². The van der Waals surface area contributed by atoms with Crippen LogP contribution in [0.2, 0.25) is 0 Å². The number of morpholine rings is 1. The Kier molecular flexibility index (Phi) is 4.77. The van der Waals surface area contributed by atoms with E-state index in [0.29, 0.717) is 24.8 Å². The second-order valence-electron chi connectivity index (χ2n) is 7.42. The van der Waals surface area contributed by atoms with Gasteiger partial charge in [-0.3, -0.25) is 4.58 Å². The van der Waals surface area contributed by atoms with Crippen LogP contribution in [0.4, 0.5) is 0 Å². The van der Waals surface area contributed by atoms with E-state index in [1.807, 2.05) is 36.4 Å². The molecule has 0 saturated carbocycles. The molecule has 6 heteroatoms. The third kappa shape index (κ3) is 3.57. The molecule has 6 nitrogen and oxygen atoms in total. The third-order valence-electron chi connectivity index (χ3n) is 5.24. The highest BCUT2D eigenvalue weighted by Gasteiger charge is 2.25. The van der Waals surface area contributed by atoms with Crippen molar-refractivity contribution in [3.8, 4) is 17.4 Å². The highest BCUT2D eigenvalue weighted by atomic mass is 16.5. The number of fused-ring (bicyclic) bond motifs is 1. The highest BCUT2D eigenvalue weighted by Crippen LogP contribution is 2.28. The van der Waals surface area contributed by atoms with Crippen molar-refractivity contribution in [2.75, 3.05) is 26.3 Å². The number of oxazole rings is 1. The van der Waals surface area contributed by atoms with Crippen molar-refractivity contribution in [3.05, 3.63) is 75.9 Å². The zero-order chi connectivity index (χ0) is 20.5. The second kappa shape index (κ2) is 7.72. The number of ether oxygens (including phenoxy) is 1. The van der Waals surface area contributed by atoms with E-state index in [9.17, 15) is 5.11 Å². The highest BCUT2D eigenvalue weighted by molar-refractivity contribution is 6.08. The maximum atomic E-state index is 10.4. The van der Waals surface area contributed by atoms with E-state index < -0.39 is 0 Å². The van der Waals surface area contributed by atoms with E-state index in [-0.39, 0.29) is 5.95 Å². The SMILES string of the molecule is Cc1ccc2c(c1)=NC(=[N+]1CCOCC1)/C(=C/c1nc(-c3ccccc3)oc1O)C=2. The standard InChI is InChI=1S/C24H21N3O3/c1-16-7-8-18-14-19(22(25-20(18)13-16)27-9-11-29-12-10-27)15-21-24(28)30-23(26-21)17-5-3-2-4-6-17/h2-8,13-15H,9-12H2,1H3/p+1. The van der Waals surface area contributed by atoms with Crippen molar-refractivity contribution in [2.45, 2.75) is 6.92 Å². The number of aromatic hydroxyl groups is 1. The topological polar surface area (TPSA) is 70.9 Å². The Bertz CT molecular complexity index is 1280. The average Bonchev–Trinajstić information content (AvgIpc) is 3.15. The van der Waals surface area contributed by atoms with Crippen molar-refractivity contribution in [3.63, 3.8) is 0 Å². The maximum absolute atomic E-state index is 10.4. The number of hydrogen-bond acceptors (Lipinski definition) is 4. The molecule has 1 N–H and O–H groups in total. The Hall–Kier alpha value is -3.51. The first-order valence-electron chi connectivity index (χ1n) is 10.0. The van der Waals surface area contributed by atoms with Crippen LogP contribution < -0.4 is 10.6 Å². The molecule has 1 fully saturated rings. The molecule has 3 heterocycles. The van der Waals surface area contributed by atoms with Gasteiger partial charge in [-0.2, -0.15) is 0 Å². The van der Waals surface area contributed by atoms with E-state index in [1.165, 1.54) is 5.56 Å². The third-order valence-corrected chi connectivity index (χ3v) is 5.24. The fourth-order valence-corrected chi connectivity index (χ4v) is 3.69. The minimum Gasteiger partial charge on any atom is -0.479 e. The fourth-order valence-electron chi connectivity index (χ4n) is 3.69. The molecule has 5 rings (SSSR count). The van der Waals surface area contributed by atoms with E-state index >= 15 is 0 Å². The molecule has 0 unspecified atom stereocenters. The Morgan fingerprint density at radius 3 is 2.67 bits per heavy atom. The van der Waals surface area contributed by atoms with Crippen LogP contribution in [0.1, 0.15) is 11.3 Å². The normalized spacial score (nSPS) is 17.4. The van der Waals surface area contributed by atoms with E-state index in [2.05, 4.69) is 40.8 Å². The molecule has 0 radical (unpaired) electrons. The first-order chi connectivity index (χ1) is 14.7. The molecule has 3 aromatic rings. The van der Waals surface area contributed by atoms with Crippen LogP contribution in [0.25, 0.3) is 23.6 Å². The molecular formula is C24H22N3O3+. The summed E-state index contributed by atoms with van der Waals surface area (Å²) in [6, 6.07) is 15.8. The monoisotopic (exact) mass is 400 g/mol. The first kappa shape index (κ1) is 18.5. The number of benzene rings is 2. The summed E-state index contributed by atoms with van der Waals surface area (Å²) in [5.74, 6) is 1.04. The van der Waals surface area contributed by atoms with Gasteiger partial charge in [0.15, 0.2) is 5.36 Å². The van der Waals surface area contributed by atoms with E-state index in [1.54, 1.807) is 0 Å². The van der Waals surface area contributed by atoms with Crippen molar-refractivity contribution in [2.24, 2.45) is 4.99 Å². The molecule has 150 valence electrons. The van der Waals surface area contributed by atoms with E-state index in [0.717, 1.165) is 40.6 Å². The second-order valence-corrected chi connectivity index (χ2v) is 7.42. The van der Waals surface area contributed by atoms with Gasteiger partial charge in [-0.1, -0.05) is 30.3 Å². The number of nitrogens with zero attached hydrogens (tertiary/aromatic N) is 3. The Morgan fingerprint density at radius 1 is 1.07 bits per heavy atom. The zero-order valence-electron chi connectivity index (χ0n) is 16.7. The van der Waals surface area contributed by atoms with Gasteiger partial charge in [0, 0.05) is 10.8 Å². The fraction of sp³-hybridized carbons (Fsp3) is 0.208. The van der Waals surface area contributed by atoms with Gasteiger partial charge in [0.1, 0.15) is 18.8 Å². The van der Waals surface area contributed by atoms with Gasteiger partial charge in [0.05, 0.1) is 18.8 Å². The van der Waals surface area contributed by atoms with Gasteiger partial charge in [0.25, 0.3) is 0 Å². The molecular weight excluding hydrogens is 378 g/mol. The minimum atomic E-state index is -0.203. The van der Waals surface area contributed by atoms with Crippen molar-refractivity contribution >= 4 is 18.0 Å². The lowest BCUT2D eigenvalue weighted by Crippen LogP contribution is -2.38. The van der Waals surface area contributed by atoms with Gasteiger partial charge < -0.3 is 14.3 Å². The van der Waals surface area contributed by atoms with Gasteiger partial charge in [-0.05, 0) is 47.8 Å². The van der Waals surface area contributed by atoms with Gasteiger partial charge in [-0.15, -0.1) is 0 Å². The molecule has 0 aliphatic carbocycles. The number of aromatic nitrogens is 1.